The first kappa shape index (κ1) is 12.3. The molecular formula is C13H21N3O. The summed E-state index contributed by atoms with van der Waals surface area (Å²) in [5.41, 5.74) is 4.54. The van der Waals surface area contributed by atoms with Gasteiger partial charge in [0, 0.05) is 19.3 Å². The third-order valence-electron chi connectivity index (χ3n) is 3.49. The Labute approximate surface area is 103 Å². The van der Waals surface area contributed by atoms with E-state index in [0.29, 0.717) is 5.92 Å². The molecule has 17 heavy (non-hydrogen) atoms. The smallest absolute Gasteiger partial charge is 0.137 e. The van der Waals surface area contributed by atoms with Crippen LogP contribution in [0, 0.1) is 0 Å². The van der Waals surface area contributed by atoms with Crippen LogP contribution in [0.15, 0.2) is 18.5 Å². The molecule has 0 aromatic carbocycles. The van der Waals surface area contributed by atoms with Gasteiger partial charge in [-0.1, -0.05) is 0 Å². The van der Waals surface area contributed by atoms with Crippen molar-refractivity contribution in [3.8, 4) is 5.75 Å². The molecular weight excluding hydrogens is 214 g/mol. The van der Waals surface area contributed by atoms with Gasteiger partial charge in [-0.15, -0.1) is 0 Å². The Bertz CT molecular complexity index is 356. The first-order chi connectivity index (χ1) is 8.33. The van der Waals surface area contributed by atoms with Crippen LogP contribution in [0.5, 0.6) is 5.75 Å². The van der Waals surface area contributed by atoms with Gasteiger partial charge in [-0.25, -0.2) is 5.01 Å². The van der Waals surface area contributed by atoms with Crippen LogP contribution in [0.3, 0.4) is 0 Å². The zero-order valence-corrected chi connectivity index (χ0v) is 10.6. The zero-order valence-electron chi connectivity index (χ0n) is 10.6. The highest BCUT2D eigenvalue weighted by atomic mass is 16.5. The van der Waals surface area contributed by atoms with Crippen molar-refractivity contribution in [3.63, 3.8) is 0 Å². The molecule has 0 saturated carbocycles. The summed E-state index contributed by atoms with van der Waals surface area (Å²) in [6.45, 7) is 2.22. The van der Waals surface area contributed by atoms with Crippen molar-refractivity contribution in [1.29, 1.82) is 0 Å². The van der Waals surface area contributed by atoms with Crippen LogP contribution in [-0.2, 0) is 0 Å². The standard InChI is InChI=1S/C13H21N3O/c1-14-16-6-3-4-11(5-7-16)12-8-13(17-2)10-15-9-12/h8-11,14H,3-7H2,1-2H3/t11-/m0/s1. The van der Waals surface area contributed by atoms with Gasteiger partial charge in [0.15, 0.2) is 0 Å². The molecule has 4 heteroatoms. The Kier molecular flexibility index (Phi) is 4.34. The van der Waals surface area contributed by atoms with Crippen molar-refractivity contribution in [3.05, 3.63) is 24.0 Å². The lowest BCUT2D eigenvalue weighted by Gasteiger charge is -2.18. The van der Waals surface area contributed by atoms with Crippen molar-refractivity contribution in [2.45, 2.75) is 25.2 Å². The van der Waals surface area contributed by atoms with Crippen molar-refractivity contribution in [1.82, 2.24) is 15.4 Å². The van der Waals surface area contributed by atoms with E-state index < -0.39 is 0 Å². The maximum Gasteiger partial charge on any atom is 0.137 e. The molecule has 1 aliphatic heterocycles. The molecule has 0 aliphatic carbocycles. The molecule has 1 N–H and O–H groups in total. The lowest BCUT2D eigenvalue weighted by molar-refractivity contribution is 0.216. The summed E-state index contributed by atoms with van der Waals surface area (Å²) >= 11 is 0. The van der Waals surface area contributed by atoms with Gasteiger partial charge in [0.05, 0.1) is 13.3 Å². The fourth-order valence-corrected chi connectivity index (χ4v) is 2.42. The van der Waals surface area contributed by atoms with E-state index in [-0.39, 0.29) is 0 Å². The number of aromatic nitrogens is 1. The van der Waals surface area contributed by atoms with Crippen molar-refractivity contribution in [2.24, 2.45) is 0 Å². The summed E-state index contributed by atoms with van der Waals surface area (Å²) in [5.74, 6) is 1.47. The van der Waals surface area contributed by atoms with E-state index in [0.717, 1.165) is 18.8 Å². The van der Waals surface area contributed by atoms with Gasteiger partial charge >= 0.3 is 0 Å². The van der Waals surface area contributed by atoms with Crippen LogP contribution in [-0.4, -0.2) is 37.2 Å². The topological polar surface area (TPSA) is 37.4 Å². The van der Waals surface area contributed by atoms with E-state index in [1.807, 2.05) is 13.2 Å². The molecule has 0 spiro atoms. The van der Waals surface area contributed by atoms with Crippen LogP contribution in [0.1, 0.15) is 30.7 Å². The second-order valence-electron chi connectivity index (χ2n) is 4.50. The minimum Gasteiger partial charge on any atom is -0.495 e. The monoisotopic (exact) mass is 235 g/mol. The number of ether oxygens (including phenoxy) is 1. The first-order valence-electron chi connectivity index (χ1n) is 6.24. The quantitative estimate of drug-likeness (QED) is 0.867. The Balaban J connectivity index is 2.05. The van der Waals surface area contributed by atoms with Gasteiger partial charge < -0.3 is 4.74 Å². The van der Waals surface area contributed by atoms with Crippen LogP contribution < -0.4 is 10.2 Å². The van der Waals surface area contributed by atoms with Gasteiger partial charge in [-0.05, 0) is 43.9 Å². The largest absolute Gasteiger partial charge is 0.495 e. The van der Waals surface area contributed by atoms with Crippen molar-refractivity contribution >= 4 is 0 Å². The van der Waals surface area contributed by atoms with E-state index in [1.54, 1.807) is 13.3 Å². The average molecular weight is 235 g/mol. The number of rotatable bonds is 3. The van der Waals surface area contributed by atoms with Crippen LogP contribution in [0.2, 0.25) is 0 Å². The molecule has 2 rings (SSSR count). The minimum atomic E-state index is 0.607. The number of hydrogen-bond donors (Lipinski definition) is 1. The number of hydrogen-bond acceptors (Lipinski definition) is 4. The summed E-state index contributed by atoms with van der Waals surface area (Å²) in [5, 5.41) is 2.29. The fraction of sp³-hybridized carbons (Fsp3) is 0.615. The number of hydrazine groups is 1. The molecule has 0 amide bonds. The molecule has 0 radical (unpaired) electrons. The lowest BCUT2D eigenvalue weighted by atomic mass is 9.93. The van der Waals surface area contributed by atoms with Crippen molar-refractivity contribution < 1.29 is 4.74 Å². The predicted molar refractivity (Wildman–Crippen MR) is 68.0 cm³/mol. The second-order valence-corrected chi connectivity index (χ2v) is 4.50. The molecule has 1 aromatic rings. The first-order valence-corrected chi connectivity index (χ1v) is 6.24. The van der Waals surface area contributed by atoms with Crippen LogP contribution >= 0.6 is 0 Å². The second kappa shape index (κ2) is 5.98. The summed E-state index contributed by atoms with van der Waals surface area (Å²) < 4.78 is 5.23. The highest BCUT2D eigenvalue weighted by Crippen LogP contribution is 2.28. The third kappa shape index (κ3) is 3.17. The lowest BCUT2D eigenvalue weighted by Crippen LogP contribution is -2.35. The maximum atomic E-state index is 5.23. The Morgan fingerprint density at radius 2 is 2.24 bits per heavy atom. The average Bonchev–Trinajstić information content (AvgIpc) is 2.64. The molecule has 1 saturated heterocycles. The molecule has 4 nitrogen and oxygen atoms in total. The normalized spacial score (nSPS) is 22.1. The van der Waals surface area contributed by atoms with Gasteiger partial charge in [0.2, 0.25) is 0 Å². The maximum absolute atomic E-state index is 5.23. The zero-order chi connectivity index (χ0) is 12.1. The van der Waals surface area contributed by atoms with Gasteiger partial charge in [0.25, 0.3) is 0 Å². The molecule has 1 fully saturated rings. The number of pyridine rings is 1. The van der Waals surface area contributed by atoms with Crippen molar-refractivity contribution in [2.75, 3.05) is 27.2 Å². The van der Waals surface area contributed by atoms with Crippen LogP contribution in [0.4, 0.5) is 0 Å². The highest BCUT2D eigenvalue weighted by Gasteiger charge is 2.18. The minimum absolute atomic E-state index is 0.607. The van der Waals surface area contributed by atoms with E-state index >= 15 is 0 Å². The van der Waals surface area contributed by atoms with Gasteiger partial charge in [-0.2, -0.15) is 0 Å². The molecule has 1 aliphatic rings. The van der Waals surface area contributed by atoms with E-state index in [2.05, 4.69) is 21.5 Å². The highest BCUT2D eigenvalue weighted by molar-refractivity contribution is 5.26. The van der Waals surface area contributed by atoms with Gasteiger partial charge in [-0.3, -0.25) is 10.4 Å². The van der Waals surface area contributed by atoms with E-state index in [1.165, 1.54) is 24.8 Å². The molecule has 1 atom stereocenters. The number of nitrogens with zero attached hydrogens (tertiary/aromatic N) is 2. The molecule has 94 valence electrons. The number of nitrogens with one attached hydrogen (secondary N) is 1. The SMILES string of the molecule is CNN1CCC[C@H](c2cncc(OC)c2)CC1. The fourth-order valence-electron chi connectivity index (χ4n) is 2.42. The van der Waals surface area contributed by atoms with Crippen LogP contribution in [0.25, 0.3) is 0 Å². The van der Waals surface area contributed by atoms with E-state index in [9.17, 15) is 0 Å². The third-order valence-corrected chi connectivity index (χ3v) is 3.49. The predicted octanol–water partition coefficient (Wildman–Crippen LogP) is 1.79. The molecule has 0 unspecified atom stereocenters. The van der Waals surface area contributed by atoms with Gasteiger partial charge in [0.1, 0.15) is 5.75 Å². The molecule has 0 bridgehead atoms. The summed E-state index contributed by atoms with van der Waals surface area (Å²) in [7, 11) is 3.68. The summed E-state index contributed by atoms with van der Waals surface area (Å²) in [6, 6.07) is 2.12. The van der Waals surface area contributed by atoms with E-state index in [4.69, 9.17) is 4.74 Å². The Morgan fingerprint density at radius 3 is 3.00 bits per heavy atom. The molecule has 2 heterocycles. The number of methoxy groups -OCH3 is 1. The summed E-state index contributed by atoms with van der Waals surface area (Å²) in [4.78, 5) is 4.25. The molecule has 1 aromatic heterocycles. The Morgan fingerprint density at radius 1 is 1.35 bits per heavy atom. The Hall–Kier alpha value is -1.13. The summed E-state index contributed by atoms with van der Waals surface area (Å²) in [6.07, 6.45) is 7.37.